The molecule has 0 aromatic carbocycles. The van der Waals surface area contributed by atoms with Crippen molar-refractivity contribution in [3.8, 4) is 0 Å². The number of hydrogen-bond acceptors (Lipinski definition) is 4. The van der Waals surface area contributed by atoms with Crippen molar-refractivity contribution in [1.29, 1.82) is 0 Å². The summed E-state index contributed by atoms with van der Waals surface area (Å²) in [6, 6.07) is 3.76. The number of nitrogens with two attached hydrogens (primary N) is 1. The summed E-state index contributed by atoms with van der Waals surface area (Å²) >= 11 is 0. The summed E-state index contributed by atoms with van der Waals surface area (Å²) in [7, 11) is 1.94. The molecular weight excluding hydrogens is 206 g/mol. The number of carbonyl (C=O) groups excluding carboxylic acids is 1. The molecular formula is C11H19N3O2. The first-order chi connectivity index (χ1) is 7.45. The smallest absolute Gasteiger partial charge is 0.240 e. The largest absolute Gasteiger partial charge is 0.468 e. The number of nitrogens with one attached hydrogen (secondary N) is 1. The van der Waals surface area contributed by atoms with Crippen molar-refractivity contribution >= 4 is 5.91 Å². The third-order valence-electron chi connectivity index (χ3n) is 2.42. The Hall–Kier alpha value is -1.33. The SMILES string of the molecule is CN(Cc1ccco1)CC(C)(C)C(=O)NN. The lowest BCUT2D eigenvalue weighted by Crippen LogP contribution is -2.46. The summed E-state index contributed by atoms with van der Waals surface area (Å²) in [5, 5.41) is 0. The molecule has 1 aromatic rings. The molecule has 16 heavy (non-hydrogen) atoms. The molecule has 0 aliphatic carbocycles. The number of rotatable bonds is 5. The summed E-state index contributed by atoms with van der Waals surface area (Å²) in [4.78, 5) is 13.5. The third kappa shape index (κ3) is 3.36. The van der Waals surface area contributed by atoms with Gasteiger partial charge in [-0.1, -0.05) is 0 Å². The first kappa shape index (κ1) is 12.7. The van der Waals surface area contributed by atoms with E-state index in [1.807, 2.05) is 37.9 Å². The van der Waals surface area contributed by atoms with Gasteiger partial charge in [-0.25, -0.2) is 5.84 Å². The quantitative estimate of drug-likeness (QED) is 0.440. The van der Waals surface area contributed by atoms with Crippen molar-refractivity contribution in [2.45, 2.75) is 20.4 Å². The summed E-state index contributed by atoms with van der Waals surface area (Å²) in [5.74, 6) is 5.85. The second kappa shape index (κ2) is 5.14. The van der Waals surface area contributed by atoms with Gasteiger partial charge in [0.15, 0.2) is 0 Å². The molecule has 1 aromatic heterocycles. The number of carbonyl (C=O) groups is 1. The lowest BCUT2D eigenvalue weighted by Gasteiger charge is -2.27. The monoisotopic (exact) mass is 225 g/mol. The summed E-state index contributed by atoms with van der Waals surface area (Å²) in [6.45, 7) is 4.99. The number of amides is 1. The molecule has 0 saturated carbocycles. The van der Waals surface area contributed by atoms with Crippen LogP contribution in [0.2, 0.25) is 0 Å². The molecule has 0 bridgehead atoms. The molecule has 0 radical (unpaired) electrons. The predicted octanol–water partition coefficient (Wildman–Crippen LogP) is 0.728. The van der Waals surface area contributed by atoms with Gasteiger partial charge in [-0.3, -0.25) is 15.1 Å². The van der Waals surface area contributed by atoms with E-state index in [0.717, 1.165) is 5.76 Å². The van der Waals surface area contributed by atoms with E-state index in [1.54, 1.807) is 6.26 Å². The Labute approximate surface area is 95.6 Å². The summed E-state index contributed by atoms with van der Waals surface area (Å²) in [5.41, 5.74) is 1.66. The van der Waals surface area contributed by atoms with Crippen LogP contribution in [-0.2, 0) is 11.3 Å². The Morgan fingerprint density at radius 2 is 2.31 bits per heavy atom. The number of hydrazine groups is 1. The average Bonchev–Trinajstić information content (AvgIpc) is 2.67. The van der Waals surface area contributed by atoms with Crippen LogP contribution in [0, 0.1) is 5.41 Å². The average molecular weight is 225 g/mol. The van der Waals surface area contributed by atoms with Crippen molar-refractivity contribution < 1.29 is 9.21 Å². The fourth-order valence-electron chi connectivity index (χ4n) is 1.67. The van der Waals surface area contributed by atoms with E-state index in [9.17, 15) is 4.79 Å². The van der Waals surface area contributed by atoms with Crippen molar-refractivity contribution in [3.05, 3.63) is 24.2 Å². The van der Waals surface area contributed by atoms with E-state index < -0.39 is 5.41 Å². The van der Waals surface area contributed by atoms with Crippen LogP contribution in [0.3, 0.4) is 0 Å². The summed E-state index contributed by atoms with van der Waals surface area (Å²) in [6.07, 6.45) is 1.64. The number of hydrogen-bond donors (Lipinski definition) is 2. The van der Waals surface area contributed by atoms with Crippen LogP contribution in [-0.4, -0.2) is 24.4 Å². The molecule has 5 nitrogen and oxygen atoms in total. The topological polar surface area (TPSA) is 71.5 Å². The minimum Gasteiger partial charge on any atom is -0.468 e. The second-order valence-electron chi connectivity index (χ2n) is 4.61. The molecule has 0 atom stereocenters. The Morgan fingerprint density at radius 3 is 2.81 bits per heavy atom. The highest BCUT2D eigenvalue weighted by molar-refractivity contribution is 5.81. The van der Waals surface area contributed by atoms with Crippen LogP contribution in [0.4, 0.5) is 0 Å². The Balaban J connectivity index is 2.50. The molecule has 0 fully saturated rings. The van der Waals surface area contributed by atoms with Gasteiger partial charge in [0, 0.05) is 6.54 Å². The fraction of sp³-hybridized carbons (Fsp3) is 0.545. The molecule has 0 aliphatic heterocycles. The van der Waals surface area contributed by atoms with Gasteiger partial charge in [-0.05, 0) is 33.0 Å². The van der Waals surface area contributed by atoms with Crippen LogP contribution < -0.4 is 11.3 Å². The van der Waals surface area contributed by atoms with Crippen molar-refractivity contribution in [2.24, 2.45) is 11.3 Å². The van der Waals surface area contributed by atoms with E-state index in [2.05, 4.69) is 5.43 Å². The Bertz CT molecular complexity index is 333. The zero-order valence-electron chi connectivity index (χ0n) is 9.99. The zero-order chi connectivity index (χ0) is 12.2. The van der Waals surface area contributed by atoms with Gasteiger partial charge < -0.3 is 4.42 Å². The predicted molar refractivity (Wildman–Crippen MR) is 61.2 cm³/mol. The first-order valence-electron chi connectivity index (χ1n) is 5.17. The lowest BCUT2D eigenvalue weighted by atomic mass is 9.92. The highest BCUT2D eigenvalue weighted by Gasteiger charge is 2.28. The molecule has 0 aliphatic rings. The first-order valence-corrected chi connectivity index (χ1v) is 5.17. The van der Waals surface area contributed by atoms with Gasteiger partial charge in [0.2, 0.25) is 5.91 Å². The number of furan rings is 1. The molecule has 1 rings (SSSR count). The fourth-order valence-corrected chi connectivity index (χ4v) is 1.67. The maximum atomic E-state index is 11.5. The minimum absolute atomic E-state index is 0.168. The van der Waals surface area contributed by atoms with Gasteiger partial charge in [0.25, 0.3) is 0 Å². The van der Waals surface area contributed by atoms with Gasteiger partial charge >= 0.3 is 0 Å². The molecule has 3 N–H and O–H groups in total. The Kier molecular flexibility index (Phi) is 4.09. The normalized spacial score (nSPS) is 11.8. The van der Waals surface area contributed by atoms with E-state index in [1.165, 1.54) is 0 Å². The van der Waals surface area contributed by atoms with Gasteiger partial charge in [0.1, 0.15) is 5.76 Å². The van der Waals surface area contributed by atoms with Crippen molar-refractivity contribution in [3.63, 3.8) is 0 Å². The highest BCUT2D eigenvalue weighted by atomic mass is 16.3. The molecule has 5 heteroatoms. The van der Waals surface area contributed by atoms with E-state index in [-0.39, 0.29) is 5.91 Å². The third-order valence-corrected chi connectivity index (χ3v) is 2.42. The maximum absolute atomic E-state index is 11.5. The van der Waals surface area contributed by atoms with E-state index in [0.29, 0.717) is 13.1 Å². The standard InChI is InChI=1S/C11H19N3O2/c1-11(2,10(15)13-12)8-14(3)7-9-5-4-6-16-9/h4-6H,7-8,12H2,1-3H3,(H,13,15). The molecule has 1 amide bonds. The van der Waals surface area contributed by atoms with Crippen molar-refractivity contribution in [2.75, 3.05) is 13.6 Å². The molecule has 0 saturated heterocycles. The van der Waals surface area contributed by atoms with Crippen LogP contribution in [0.15, 0.2) is 22.8 Å². The van der Waals surface area contributed by atoms with E-state index >= 15 is 0 Å². The molecule has 1 heterocycles. The number of nitrogens with zero attached hydrogens (tertiary/aromatic N) is 1. The highest BCUT2D eigenvalue weighted by Crippen LogP contribution is 2.17. The zero-order valence-corrected chi connectivity index (χ0v) is 9.99. The van der Waals surface area contributed by atoms with Crippen LogP contribution in [0.5, 0.6) is 0 Å². The molecule has 0 unspecified atom stereocenters. The Morgan fingerprint density at radius 1 is 1.62 bits per heavy atom. The minimum atomic E-state index is -0.518. The van der Waals surface area contributed by atoms with E-state index in [4.69, 9.17) is 10.3 Å². The van der Waals surface area contributed by atoms with Gasteiger partial charge in [-0.15, -0.1) is 0 Å². The van der Waals surface area contributed by atoms with Crippen molar-refractivity contribution in [1.82, 2.24) is 10.3 Å². The van der Waals surface area contributed by atoms with Gasteiger partial charge in [-0.2, -0.15) is 0 Å². The maximum Gasteiger partial charge on any atom is 0.240 e. The van der Waals surface area contributed by atoms with Crippen LogP contribution in [0.1, 0.15) is 19.6 Å². The molecule has 0 spiro atoms. The second-order valence-corrected chi connectivity index (χ2v) is 4.61. The molecule has 90 valence electrons. The van der Waals surface area contributed by atoms with Crippen LogP contribution in [0.25, 0.3) is 0 Å². The lowest BCUT2D eigenvalue weighted by molar-refractivity contribution is -0.130. The van der Waals surface area contributed by atoms with Crippen LogP contribution >= 0.6 is 0 Å². The summed E-state index contributed by atoms with van der Waals surface area (Å²) < 4.78 is 5.24. The van der Waals surface area contributed by atoms with Gasteiger partial charge in [0.05, 0.1) is 18.2 Å².